The Morgan fingerprint density at radius 2 is 2.25 bits per heavy atom. The summed E-state index contributed by atoms with van der Waals surface area (Å²) in [5.41, 5.74) is 5.94. The van der Waals surface area contributed by atoms with E-state index < -0.39 is 0 Å². The van der Waals surface area contributed by atoms with Crippen LogP contribution in [0.1, 0.15) is 13.8 Å². The third-order valence-corrected chi connectivity index (χ3v) is 1.10. The highest BCUT2D eigenvalue weighted by Gasteiger charge is 1.93. The van der Waals surface area contributed by atoms with Crippen LogP contribution in [0.5, 0.6) is 0 Å². The van der Waals surface area contributed by atoms with Gasteiger partial charge in [0.25, 0.3) is 0 Å². The van der Waals surface area contributed by atoms with Gasteiger partial charge in [-0.1, -0.05) is 0 Å². The molecular formula is C7H14N4O. The molecule has 0 fully saturated rings. The van der Waals surface area contributed by atoms with Crippen LogP contribution in [0.15, 0.2) is 22.1 Å². The lowest BCUT2D eigenvalue weighted by atomic mass is 10.4. The number of rotatable bonds is 5. The maximum atomic E-state index is 10.2. The van der Waals surface area contributed by atoms with E-state index in [0.717, 1.165) is 5.71 Å². The summed E-state index contributed by atoms with van der Waals surface area (Å²) in [5, 5.41) is 2.76. The summed E-state index contributed by atoms with van der Waals surface area (Å²) in [6.45, 7) is 4.44. The highest BCUT2D eigenvalue weighted by molar-refractivity contribution is 5.93. The average molecular weight is 170 g/mol. The summed E-state index contributed by atoms with van der Waals surface area (Å²) in [5.74, 6) is 0.229. The Morgan fingerprint density at radius 1 is 1.58 bits per heavy atom. The van der Waals surface area contributed by atoms with E-state index in [1.54, 1.807) is 13.1 Å². The van der Waals surface area contributed by atoms with Gasteiger partial charge in [-0.2, -0.15) is 0 Å². The van der Waals surface area contributed by atoms with Gasteiger partial charge in [0, 0.05) is 25.4 Å². The lowest BCUT2D eigenvalue weighted by molar-refractivity contribution is 0.682. The van der Waals surface area contributed by atoms with Crippen LogP contribution in [0.2, 0.25) is 0 Å². The minimum atomic E-state index is 0.229. The van der Waals surface area contributed by atoms with Crippen molar-refractivity contribution in [1.29, 1.82) is 0 Å². The predicted octanol–water partition coefficient (Wildman–Crippen LogP) is 0.799. The zero-order valence-electron chi connectivity index (χ0n) is 7.59. The zero-order chi connectivity index (χ0) is 9.40. The van der Waals surface area contributed by atoms with Crippen LogP contribution in [-0.2, 0) is 0 Å². The molecule has 0 saturated carbocycles. The van der Waals surface area contributed by atoms with Gasteiger partial charge < -0.3 is 5.43 Å². The van der Waals surface area contributed by atoms with Crippen molar-refractivity contribution in [2.75, 3.05) is 13.6 Å². The molecule has 0 heterocycles. The van der Waals surface area contributed by atoms with Crippen molar-refractivity contribution in [2.45, 2.75) is 13.8 Å². The monoisotopic (exact) mass is 170 g/mol. The molecule has 0 aromatic heterocycles. The van der Waals surface area contributed by atoms with Gasteiger partial charge in [-0.15, -0.1) is 4.91 Å². The number of aliphatic imine (C=N–C) groups is 1. The van der Waals surface area contributed by atoms with E-state index in [1.165, 1.54) is 0 Å². The number of allylic oxidation sites excluding steroid dienone is 1. The molecule has 2 N–H and O–H groups in total. The van der Waals surface area contributed by atoms with Crippen molar-refractivity contribution < 1.29 is 0 Å². The molecule has 0 aromatic carbocycles. The van der Waals surface area contributed by atoms with Gasteiger partial charge in [-0.25, -0.2) is 5.43 Å². The van der Waals surface area contributed by atoms with E-state index in [4.69, 9.17) is 0 Å². The first kappa shape index (κ1) is 10.8. The largest absolute Gasteiger partial charge is 0.303 e. The minimum Gasteiger partial charge on any atom is -0.303 e. The summed E-state index contributed by atoms with van der Waals surface area (Å²) < 4.78 is 0. The molecule has 0 rings (SSSR count). The minimum absolute atomic E-state index is 0.229. The van der Waals surface area contributed by atoms with E-state index in [0.29, 0.717) is 6.54 Å². The van der Waals surface area contributed by atoms with Gasteiger partial charge in [-0.05, 0) is 19.0 Å². The Morgan fingerprint density at radius 3 is 2.67 bits per heavy atom. The highest BCUT2D eigenvalue weighted by atomic mass is 16.3. The molecule has 0 aliphatic rings. The third-order valence-electron chi connectivity index (χ3n) is 1.10. The van der Waals surface area contributed by atoms with Crippen molar-refractivity contribution in [3.63, 3.8) is 0 Å². The van der Waals surface area contributed by atoms with Crippen molar-refractivity contribution in [3.8, 4) is 0 Å². The second-order valence-electron chi connectivity index (χ2n) is 2.11. The molecule has 5 nitrogen and oxygen atoms in total. The van der Waals surface area contributed by atoms with Gasteiger partial charge in [0.15, 0.2) is 5.82 Å². The molecule has 0 atom stereocenters. The lowest BCUT2D eigenvalue weighted by Gasteiger charge is -1.99. The molecule has 0 spiro atoms. The maximum absolute atomic E-state index is 10.2. The van der Waals surface area contributed by atoms with E-state index in [2.05, 4.69) is 21.0 Å². The van der Waals surface area contributed by atoms with Crippen molar-refractivity contribution >= 4 is 5.71 Å². The van der Waals surface area contributed by atoms with Crippen LogP contribution in [0, 0.1) is 4.91 Å². The first-order valence-corrected chi connectivity index (χ1v) is 3.73. The standard InChI is InChI=1S/C7H14N4O/c1-4-9-6(2)5-7(11-12)10-8-3/h5,8,10H,4H2,1-3H3/b7-5+,9-6-. The van der Waals surface area contributed by atoms with Crippen LogP contribution < -0.4 is 10.9 Å². The first-order valence-electron chi connectivity index (χ1n) is 3.73. The van der Waals surface area contributed by atoms with Crippen molar-refractivity contribution in [2.24, 2.45) is 10.2 Å². The molecule has 0 aromatic rings. The van der Waals surface area contributed by atoms with Gasteiger partial charge in [0.1, 0.15) is 0 Å². The highest BCUT2D eigenvalue weighted by Crippen LogP contribution is 1.90. The van der Waals surface area contributed by atoms with Gasteiger partial charge in [-0.3, -0.25) is 4.99 Å². The average Bonchev–Trinajstić information content (AvgIpc) is 2.04. The van der Waals surface area contributed by atoms with E-state index in [1.807, 2.05) is 13.8 Å². The van der Waals surface area contributed by atoms with Crippen molar-refractivity contribution in [3.05, 3.63) is 16.8 Å². The SMILES string of the molecule is CC/N=C(C)\C=C(\N=O)NNC. The smallest absolute Gasteiger partial charge is 0.186 e. The molecule has 0 aliphatic carbocycles. The van der Waals surface area contributed by atoms with Crippen molar-refractivity contribution in [1.82, 2.24) is 10.9 Å². The molecule has 5 heteroatoms. The maximum Gasteiger partial charge on any atom is 0.186 e. The van der Waals surface area contributed by atoms with Crippen LogP contribution in [0.4, 0.5) is 0 Å². The first-order chi connectivity index (χ1) is 5.74. The van der Waals surface area contributed by atoms with Crippen LogP contribution in [0.3, 0.4) is 0 Å². The number of hydrazine groups is 1. The Bertz CT molecular complexity index is 198. The Labute approximate surface area is 71.9 Å². The number of nitrogens with one attached hydrogen (secondary N) is 2. The Kier molecular flexibility index (Phi) is 5.81. The molecule has 12 heavy (non-hydrogen) atoms. The fourth-order valence-corrected chi connectivity index (χ4v) is 0.706. The third kappa shape index (κ3) is 4.56. The summed E-state index contributed by atoms with van der Waals surface area (Å²) in [7, 11) is 1.66. The number of nitroso groups, excluding NO2 is 1. The van der Waals surface area contributed by atoms with Gasteiger partial charge >= 0.3 is 0 Å². The molecule has 0 amide bonds. The molecule has 0 radical (unpaired) electrons. The normalized spacial score (nSPS) is 12.9. The predicted molar refractivity (Wildman–Crippen MR) is 49.7 cm³/mol. The number of hydrogen-bond donors (Lipinski definition) is 2. The number of hydrogen-bond acceptors (Lipinski definition) is 5. The molecule has 68 valence electrons. The zero-order valence-corrected chi connectivity index (χ0v) is 7.59. The lowest BCUT2D eigenvalue weighted by Crippen LogP contribution is -2.26. The topological polar surface area (TPSA) is 65.8 Å². The van der Waals surface area contributed by atoms with Gasteiger partial charge in [0.2, 0.25) is 0 Å². The molecule has 0 saturated heterocycles. The second-order valence-corrected chi connectivity index (χ2v) is 2.11. The van der Waals surface area contributed by atoms with Gasteiger partial charge in [0.05, 0.1) is 0 Å². The van der Waals surface area contributed by atoms with E-state index in [9.17, 15) is 4.91 Å². The fraction of sp³-hybridized carbons (Fsp3) is 0.571. The van der Waals surface area contributed by atoms with E-state index in [-0.39, 0.29) is 5.82 Å². The Hall–Kier alpha value is -1.23. The second kappa shape index (κ2) is 6.48. The van der Waals surface area contributed by atoms with Crippen LogP contribution in [0.25, 0.3) is 0 Å². The summed E-state index contributed by atoms with van der Waals surface area (Å²) >= 11 is 0. The molecular weight excluding hydrogens is 156 g/mol. The Balaban J connectivity index is 4.26. The fourth-order valence-electron chi connectivity index (χ4n) is 0.706. The quantitative estimate of drug-likeness (QED) is 0.364. The number of nitrogens with zero attached hydrogens (tertiary/aromatic N) is 2. The molecule has 0 bridgehead atoms. The van der Waals surface area contributed by atoms with Crippen LogP contribution in [-0.4, -0.2) is 19.3 Å². The summed E-state index contributed by atoms with van der Waals surface area (Å²) in [4.78, 5) is 14.2. The summed E-state index contributed by atoms with van der Waals surface area (Å²) in [6, 6.07) is 0. The molecule has 0 aliphatic heterocycles. The van der Waals surface area contributed by atoms with Crippen LogP contribution >= 0.6 is 0 Å². The summed E-state index contributed by atoms with van der Waals surface area (Å²) in [6.07, 6.45) is 1.58. The van der Waals surface area contributed by atoms with E-state index >= 15 is 0 Å². The molecule has 0 unspecified atom stereocenters.